The normalized spacial score (nSPS) is 9.71. The third-order valence-corrected chi connectivity index (χ3v) is 2.29. The highest BCUT2D eigenvalue weighted by Crippen LogP contribution is 2.27. The van der Waals surface area contributed by atoms with Crippen LogP contribution in [0.4, 0.5) is 0 Å². The largest absolute Gasteiger partial charge is 0.493 e. The van der Waals surface area contributed by atoms with Crippen LogP contribution in [-0.4, -0.2) is 27.4 Å². The molecular weight excluding hydrogens is 218 g/mol. The van der Waals surface area contributed by atoms with E-state index in [2.05, 4.69) is 6.07 Å². The predicted molar refractivity (Wildman–Crippen MR) is 64.3 cm³/mol. The molecule has 0 heterocycles. The number of ether oxygens (including phenoxy) is 3. The quantitative estimate of drug-likeness (QED) is 0.681. The molecule has 4 heteroatoms. The maximum Gasteiger partial charge on any atom is 0.162 e. The monoisotopic (exact) mass is 235 g/mol. The minimum Gasteiger partial charge on any atom is -0.493 e. The van der Waals surface area contributed by atoms with E-state index in [-0.39, 0.29) is 0 Å². The van der Waals surface area contributed by atoms with Gasteiger partial charge >= 0.3 is 0 Å². The molecule has 1 aromatic carbocycles. The molecule has 0 fully saturated rings. The first kappa shape index (κ1) is 13.3. The maximum atomic E-state index is 8.76. The molecule has 0 aliphatic carbocycles. The first-order valence-corrected chi connectivity index (χ1v) is 5.51. The van der Waals surface area contributed by atoms with E-state index in [4.69, 9.17) is 19.5 Å². The molecule has 0 N–H and O–H groups in total. The first-order chi connectivity index (χ1) is 8.31. The van der Waals surface area contributed by atoms with Crippen molar-refractivity contribution in [1.82, 2.24) is 0 Å². The number of hydrogen-bond acceptors (Lipinski definition) is 4. The van der Waals surface area contributed by atoms with Crippen molar-refractivity contribution in [3.8, 4) is 17.6 Å². The highest BCUT2D eigenvalue weighted by molar-refractivity contribution is 5.46. The zero-order valence-electron chi connectivity index (χ0n) is 10.2. The fraction of sp³-hybridized carbons (Fsp3) is 0.462. The zero-order valence-corrected chi connectivity index (χ0v) is 10.2. The van der Waals surface area contributed by atoms with Crippen LogP contribution in [0.5, 0.6) is 11.5 Å². The van der Waals surface area contributed by atoms with Crippen LogP contribution in [0.25, 0.3) is 0 Å². The molecule has 0 saturated carbocycles. The second-order valence-electron chi connectivity index (χ2n) is 3.53. The molecule has 0 atom stereocenters. The Morgan fingerprint density at radius 2 is 1.88 bits per heavy atom. The minimum atomic E-state index is 0.564. The van der Waals surface area contributed by atoms with E-state index >= 15 is 0 Å². The smallest absolute Gasteiger partial charge is 0.162 e. The van der Waals surface area contributed by atoms with Gasteiger partial charge < -0.3 is 14.2 Å². The van der Waals surface area contributed by atoms with E-state index in [1.807, 2.05) is 0 Å². The first-order valence-electron chi connectivity index (χ1n) is 5.51. The lowest BCUT2D eigenvalue weighted by molar-refractivity contribution is 0.183. The average Bonchev–Trinajstić information content (AvgIpc) is 2.38. The van der Waals surface area contributed by atoms with Crippen molar-refractivity contribution in [2.24, 2.45) is 0 Å². The van der Waals surface area contributed by atoms with Crippen molar-refractivity contribution < 1.29 is 14.2 Å². The van der Waals surface area contributed by atoms with Gasteiger partial charge in [-0.1, -0.05) is 0 Å². The lowest BCUT2D eigenvalue weighted by atomic mass is 10.2. The molecule has 0 saturated heterocycles. The van der Waals surface area contributed by atoms with Gasteiger partial charge in [-0.05, 0) is 25.0 Å². The molecule has 0 amide bonds. The summed E-state index contributed by atoms with van der Waals surface area (Å²) in [4.78, 5) is 0. The molecular formula is C13H17NO3. The van der Waals surface area contributed by atoms with Crippen LogP contribution >= 0.6 is 0 Å². The summed E-state index contributed by atoms with van der Waals surface area (Å²) in [5.74, 6) is 1.26. The molecule has 0 aromatic heterocycles. The van der Waals surface area contributed by atoms with Gasteiger partial charge in [0.1, 0.15) is 0 Å². The Bertz CT molecular complexity index is 385. The molecule has 0 bridgehead atoms. The van der Waals surface area contributed by atoms with Crippen LogP contribution in [0, 0.1) is 11.3 Å². The number of unbranched alkanes of at least 4 members (excludes halogenated alkanes) is 1. The minimum absolute atomic E-state index is 0.564. The molecule has 1 rings (SSSR count). The van der Waals surface area contributed by atoms with Crippen molar-refractivity contribution >= 4 is 0 Å². The number of nitrogens with zero attached hydrogens (tertiary/aromatic N) is 1. The SMILES string of the molecule is COCCCCOc1ccc(C#N)cc1OC. The van der Waals surface area contributed by atoms with E-state index in [9.17, 15) is 0 Å². The number of hydrogen-bond donors (Lipinski definition) is 0. The molecule has 0 aliphatic rings. The average molecular weight is 235 g/mol. The molecule has 0 spiro atoms. The Hall–Kier alpha value is -1.73. The third kappa shape index (κ3) is 4.33. The van der Waals surface area contributed by atoms with Gasteiger partial charge in [0.2, 0.25) is 0 Å². The standard InChI is InChI=1S/C13H17NO3/c1-15-7-3-4-8-17-12-6-5-11(10-14)9-13(12)16-2/h5-6,9H,3-4,7-8H2,1-2H3. The number of rotatable bonds is 7. The summed E-state index contributed by atoms with van der Waals surface area (Å²) < 4.78 is 15.7. The van der Waals surface area contributed by atoms with Gasteiger partial charge in [0.05, 0.1) is 25.3 Å². The number of nitriles is 1. The van der Waals surface area contributed by atoms with Gasteiger partial charge in [0, 0.05) is 19.8 Å². The van der Waals surface area contributed by atoms with Crippen LogP contribution in [0.15, 0.2) is 18.2 Å². The van der Waals surface area contributed by atoms with Crippen molar-refractivity contribution in [3.05, 3.63) is 23.8 Å². The lowest BCUT2D eigenvalue weighted by Crippen LogP contribution is -2.01. The van der Waals surface area contributed by atoms with E-state index in [0.29, 0.717) is 23.7 Å². The summed E-state index contributed by atoms with van der Waals surface area (Å²) in [6.07, 6.45) is 1.89. The fourth-order valence-electron chi connectivity index (χ4n) is 1.39. The summed E-state index contributed by atoms with van der Waals surface area (Å²) in [6, 6.07) is 7.20. The summed E-state index contributed by atoms with van der Waals surface area (Å²) in [5, 5.41) is 8.76. The predicted octanol–water partition coefficient (Wildman–Crippen LogP) is 2.37. The second-order valence-corrected chi connectivity index (χ2v) is 3.53. The van der Waals surface area contributed by atoms with Crippen molar-refractivity contribution in [1.29, 1.82) is 5.26 Å². The van der Waals surface area contributed by atoms with Gasteiger partial charge in [-0.2, -0.15) is 5.26 Å². The summed E-state index contributed by atoms with van der Waals surface area (Å²) >= 11 is 0. The van der Waals surface area contributed by atoms with Crippen LogP contribution < -0.4 is 9.47 Å². The molecule has 0 radical (unpaired) electrons. The highest BCUT2D eigenvalue weighted by Gasteiger charge is 2.05. The van der Waals surface area contributed by atoms with Crippen molar-refractivity contribution in [3.63, 3.8) is 0 Å². The fourth-order valence-corrected chi connectivity index (χ4v) is 1.39. The summed E-state index contributed by atoms with van der Waals surface area (Å²) in [5.41, 5.74) is 0.564. The van der Waals surface area contributed by atoms with E-state index < -0.39 is 0 Å². The van der Waals surface area contributed by atoms with E-state index in [1.54, 1.807) is 32.4 Å². The topological polar surface area (TPSA) is 51.5 Å². The lowest BCUT2D eigenvalue weighted by Gasteiger charge is -2.10. The molecule has 1 aromatic rings. The maximum absolute atomic E-state index is 8.76. The summed E-state index contributed by atoms with van der Waals surface area (Å²) in [6.45, 7) is 1.36. The van der Waals surface area contributed by atoms with Crippen molar-refractivity contribution in [2.75, 3.05) is 27.4 Å². The Morgan fingerprint density at radius 3 is 2.53 bits per heavy atom. The molecule has 17 heavy (non-hydrogen) atoms. The van der Waals surface area contributed by atoms with Crippen LogP contribution in [-0.2, 0) is 4.74 Å². The van der Waals surface area contributed by atoms with Gasteiger partial charge in [-0.3, -0.25) is 0 Å². The van der Waals surface area contributed by atoms with Crippen LogP contribution in [0.3, 0.4) is 0 Å². The third-order valence-electron chi connectivity index (χ3n) is 2.29. The zero-order chi connectivity index (χ0) is 12.5. The van der Waals surface area contributed by atoms with Gasteiger partial charge in [0.25, 0.3) is 0 Å². The van der Waals surface area contributed by atoms with Crippen molar-refractivity contribution in [2.45, 2.75) is 12.8 Å². The van der Waals surface area contributed by atoms with Gasteiger partial charge in [0.15, 0.2) is 11.5 Å². The second kappa shape index (κ2) is 7.53. The van der Waals surface area contributed by atoms with E-state index in [1.165, 1.54) is 0 Å². The van der Waals surface area contributed by atoms with Crippen LogP contribution in [0.2, 0.25) is 0 Å². The number of benzene rings is 1. The Kier molecular flexibility index (Phi) is 5.91. The summed E-state index contributed by atoms with van der Waals surface area (Å²) in [7, 11) is 3.25. The van der Waals surface area contributed by atoms with E-state index in [0.717, 1.165) is 19.4 Å². The van der Waals surface area contributed by atoms with Gasteiger partial charge in [-0.25, -0.2) is 0 Å². The Balaban J connectivity index is 2.50. The molecule has 0 unspecified atom stereocenters. The Labute approximate surface area is 102 Å². The number of methoxy groups -OCH3 is 2. The Morgan fingerprint density at radius 1 is 1.12 bits per heavy atom. The van der Waals surface area contributed by atoms with Crippen LogP contribution in [0.1, 0.15) is 18.4 Å². The molecule has 4 nitrogen and oxygen atoms in total. The highest BCUT2D eigenvalue weighted by atomic mass is 16.5. The van der Waals surface area contributed by atoms with Gasteiger partial charge in [-0.15, -0.1) is 0 Å². The molecule has 0 aliphatic heterocycles. The molecule has 92 valence electrons.